The predicted octanol–water partition coefficient (Wildman–Crippen LogP) is 3.05. The van der Waals surface area contributed by atoms with Crippen molar-refractivity contribution in [2.75, 3.05) is 7.11 Å². The molecule has 1 aromatic heterocycles. The Balaban J connectivity index is 2.52. The van der Waals surface area contributed by atoms with Crippen LogP contribution in [0.25, 0.3) is 11.3 Å². The molecule has 2 rings (SSSR count). The van der Waals surface area contributed by atoms with Gasteiger partial charge in [0.1, 0.15) is 11.4 Å². The van der Waals surface area contributed by atoms with E-state index in [9.17, 15) is 4.79 Å². The molecule has 0 atom stereocenters. The molecule has 0 spiro atoms. The Hall–Kier alpha value is -1.94. The highest BCUT2D eigenvalue weighted by atomic mass is 35.5. The average Bonchev–Trinajstić information content (AvgIpc) is 2.72. The third-order valence-electron chi connectivity index (χ3n) is 2.79. The van der Waals surface area contributed by atoms with E-state index in [0.29, 0.717) is 10.8 Å². The van der Waals surface area contributed by atoms with Crippen molar-refractivity contribution in [3.05, 3.63) is 41.0 Å². The van der Waals surface area contributed by atoms with Crippen molar-refractivity contribution in [3.8, 4) is 17.0 Å². The van der Waals surface area contributed by atoms with Crippen LogP contribution in [0.4, 0.5) is 0 Å². The fourth-order valence-electron chi connectivity index (χ4n) is 1.83. The number of benzene rings is 1. The summed E-state index contributed by atoms with van der Waals surface area (Å²) < 4.78 is 6.76. The third-order valence-corrected chi connectivity index (χ3v) is 3.10. The lowest BCUT2D eigenvalue weighted by atomic mass is 10.1. The molecular formula is C13H12ClNO3. The smallest absolute Gasteiger partial charge is 0.352 e. The van der Waals surface area contributed by atoms with E-state index in [1.807, 2.05) is 6.07 Å². The molecule has 0 amide bonds. The van der Waals surface area contributed by atoms with E-state index in [1.54, 1.807) is 43.0 Å². The zero-order chi connectivity index (χ0) is 13.3. The summed E-state index contributed by atoms with van der Waals surface area (Å²) in [5, 5.41) is 9.53. The molecule has 1 heterocycles. The predicted molar refractivity (Wildman–Crippen MR) is 69.4 cm³/mol. The third kappa shape index (κ3) is 2.07. The molecule has 2 aromatic rings. The standard InChI is InChI=1S/C13H12ClNO3/c1-15-10(5-6-11(15)13(16)17)8-3-4-9(14)12(7-8)18-2/h3-7H,1-2H3,(H,16,17). The normalized spacial score (nSPS) is 10.4. The monoisotopic (exact) mass is 265 g/mol. The van der Waals surface area contributed by atoms with Gasteiger partial charge in [-0.1, -0.05) is 17.7 Å². The SMILES string of the molecule is COc1cc(-c2ccc(C(=O)O)n2C)ccc1Cl. The van der Waals surface area contributed by atoms with Crippen LogP contribution in [0.1, 0.15) is 10.5 Å². The van der Waals surface area contributed by atoms with Gasteiger partial charge >= 0.3 is 5.97 Å². The lowest BCUT2D eigenvalue weighted by Gasteiger charge is -2.08. The summed E-state index contributed by atoms with van der Waals surface area (Å²) in [6.45, 7) is 0. The topological polar surface area (TPSA) is 51.5 Å². The molecule has 0 aliphatic heterocycles. The number of carboxylic acids is 1. The molecule has 0 radical (unpaired) electrons. The van der Waals surface area contributed by atoms with Gasteiger partial charge in [0.15, 0.2) is 0 Å². The number of aromatic nitrogens is 1. The fourth-order valence-corrected chi connectivity index (χ4v) is 2.03. The van der Waals surface area contributed by atoms with Crippen LogP contribution in [-0.4, -0.2) is 22.8 Å². The molecule has 0 aliphatic carbocycles. The second-order valence-electron chi connectivity index (χ2n) is 3.82. The minimum absolute atomic E-state index is 0.235. The minimum Gasteiger partial charge on any atom is -0.495 e. The average molecular weight is 266 g/mol. The summed E-state index contributed by atoms with van der Waals surface area (Å²) in [4.78, 5) is 11.0. The van der Waals surface area contributed by atoms with E-state index in [-0.39, 0.29) is 5.69 Å². The first kappa shape index (κ1) is 12.5. The van der Waals surface area contributed by atoms with Crippen molar-refractivity contribution in [2.45, 2.75) is 0 Å². The number of halogens is 1. The van der Waals surface area contributed by atoms with Gasteiger partial charge < -0.3 is 14.4 Å². The van der Waals surface area contributed by atoms with Gasteiger partial charge in [0, 0.05) is 18.3 Å². The highest BCUT2D eigenvalue weighted by Crippen LogP contribution is 2.30. The molecule has 18 heavy (non-hydrogen) atoms. The first-order valence-electron chi connectivity index (χ1n) is 5.27. The van der Waals surface area contributed by atoms with Gasteiger partial charge in [-0.15, -0.1) is 0 Å². The first-order valence-corrected chi connectivity index (χ1v) is 5.65. The van der Waals surface area contributed by atoms with Crippen molar-refractivity contribution in [1.82, 2.24) is 4.57 Å². The van der Waals surface area contributed by atoms with Gasteiger partial charge in [-0.25, -0.2) is 4.79 Å². The molecular weight excluding hydrogens is 254 g/mol. The second kappa shape index (κ2) is 4.74. The maximum atomic E-state index is 11.0. The first-order chi connectivity index (χ1) is 8.54. The Morgan fingerprint density at radius 1 is 1.33 bits per heavy atom. The molecule has 0 aliphatic rings. The quantitative estimate of drug-likeness (QED) is 0.928. The van der Waals surface area contributed by atoms with Crippen LogP contribution in [0.15, 0.2) is 30.3 Å². The van der Waals surface area contributed by atoms with Crippen molar-refractivity contribution in [3.63, 3.8) is 0 Å². The summed E-state index contributed by atoms with van der Waals surface area (Å²) in [6, 6.07) is 8.66. The van der Waals surface area contributed by atoms with Crippen LogP contribution in [0.5, 0.6) is 5.75 Å². The van der Waals surface area contributed by atoms with Crippen LogP contribution >= 0.6 is 11.6 Å². The molecule has 0 saturated heterocycles. The van der Waals surface area contributed by atoms with E-state index in [0.717, 1.165) is 11.3 Å². The number of carbonyl (C=O) groups is 1. The van der Waals surface area contributed by atoms with E-state index < -0.39 is 5.97 Å². The minimum atomic E-state index is -0.954. The molecule has 0 saturated carbocycles. The van der Waals surface area contributed by atoms with Crippen LogP contribution < -0.4 is 4.74 Å². The van der Waals surface area contributed by atoms with E-state index in [4.69, 9.17) is 21.4 Å². The highest BCUT2D eigenvalue weighted by Gasteiger charge is 2.13. The number of carboxylic acid groups (broad SMARTS) is 1. The Bertz CT molecular complexity index is 604. The summed E-state index contributed by atoms with van der Waals surface area (Å²) in [5.41, 5.74) is 1.88. The molecule has 0 fully saturated rings. The molecule has 1 N–H and O–H groups in total. The maximum absolute atomic E-state index is 11.0. The Kier molecular flexibility index (Phi) is 3.30. The summed E-state index contributed by atoms with van der Waals surface area (Å²) in [6.07, 6.45) is 0. The zero-order valence-electron chi connectivity index (χ0n) is 9.98. The molecule has 1 aromatic carbocycles. The number of rotatable bonds is 3. The molecule has 5 heteroatoms. The van der Waals surface area contributed by atoms with Crippen molar-refractivity contribution in [1.29, 1.82) is 0 Å². The van der Waals surface area contributed by atoms with Gasteiger partial charge in [-0.2, -0.15) is 0 Å². The van der Waals surface area contributed by atoms with Gasteiger partial charge in [0.2, 0.25) is 0 Å². The molecule has 0 bridgehead atoms. The number of ether oxygens (including phenoxy) is 1. The number of methoxy groups -OCH3 is 1. The largest absolute Gasteiger partial charge is 0.495 e. The number of hydrogen-bond donors (Lipinski definition) is 1. The number of hydrogen-bond acceptors (Lipinski definition) is 2. The van der Waals surface area contributed by atoms with E-state index >= 15 is 0 Å². The maximum Gasteiger partial charge on any atom is 0.352 e. The van der Waals surface area contributed by atoms with Crippen molar-refractivity contribution >= 4 is 17.6 Å². The second-order valence-corrected chi connectivity index (χ2v) is 4.22. The van der Waals surface area contributed by atoms with E-state index in [1.165, 1.54) is 0 Å². The molecule has 4 nitrogen and oxygen atoms in total. The fraction of sp³-hybridized carbons (Fsp3) is 0.154. The van der Waals surface area contributed by atoms with Crippen LogP contribution in [0, 0.1) is 0 Å². The van der Waals surface area contributed by atoms with Gasteiger partial charge in [-0.05, 0) is 24.3 Å². The van der Waals surface area contributed by atoms with Gasteiger partial charge in [-0.3, -0.25) is 0 Å². The van der Waals surface area contributed by atoms with Crippen molar-refractivity contribution < 1.29 is 14.6 Å². The summed E-state index contributed by atoms with van der Waals surface area (Å²) >= 11 is 5.95. The summed E-state index contributed by atoms with van der Waals surface area (Å²) in [5.74, 6) is -0.392. The van der Waals surface area contributed by atoms with Crippen LogP contribution in [-0.2, 0) is 7.05 Å². The van der Waals surface area contributed by atoms with Crippen LogP contribution in [0.3, 0.4) is 0 Å². The zero-order valence-corrected chi connectivity index (χ0v) is 10.7. The Morgan fingerprint density at radius 2 is 2.06 bits per heavy atom. The Morgan fingerprint density at radius 3 is 2.61 bits per heavy atom. The molecule has 94 valence electrons. The highest BCUT2D eigenvalue weighted by molar-refractivity contribution is 6.32. The lowest BCUT2D eigenvalue weighted by molar-refractivity contribution is 0.0687. The van der Waals surface area contributed by atoms with E-state index in [2.05, 4.69) is 0 Å². The van der Waals surface area contributed by atoms with Gasteiger partial charge in [0.05, 0.1) is 12.1 Å². The van der Waals surface area contributed by atoms with Crippen molar-refractivity contribution in [2.24, 2.45) is 7.05 Å². The van der Waals surface area contributed by atoms with Gasteiger partial charge in [0.25, 0.3) is 0 Å². The Labute approximate surface area is 109 Å². The van der Waals surface area contributed by atoms with Crippen LogP contribution in [0.2, 0.25) is 5.02 Å². The molecule has 0 unspecified atom stereocenters. The summed E-state index contributed by atoms with van der Waals surface area (Å²) in [7, 11) is 3.25. The number of aromatic carboxylic acids is 1. The number of nitrogens with zero attached hydrogens (tertiary/aromatic N) is 1. The lowest BCUT2D eigenvalue weighted by Crippen LogP contribution is -2.05.